The van der Waals surface area contributed by atoms with Gasteiger partial charge < -0.3 is 15.0 Å². The Bertz CT molecular complexity index is 754. The van der Waals surface area contributed by atoms with Crippen LogP contribution in [0.5, 0.6) is 5.75 Å². The van der Waals surface area contributed by atoms with Crippen LogP contribution in [0.3, 0.4) is 0 Å². The largest absolute Gasteiger partial charge is 0.483 e. The Morgan fingerprint density at radius 2 is 1.79 bits per heavy atom. The van der Waals surface area contributed by atoms with E-state index in [2.05, 4.69) is 5.32 Å². The van der Waals surface area contributed by atoms with Gasteiger partial charge in [-0.1, -0.05) is 18.2 Å². The van der Waals surface area contributed by atoms with Crippen LogP contribution in [0.25, 0.3) is 0 Å². The smallest absolute Gasteiger partial charge is 0.262 e. The molecule has 0 saturated carbocycles. The van der Waals surface area contributed by atoms with Gasteiger partial charge >= 0.3 is 0 Å². The third kappa shape index (κ3) is 4.35. The molecule has 0 bridgehead atoms. The minimum atomic E-state index is -0.273. The molecule has 0 atom stereocenters. The molecule has 5 nitrogen and oxygen atoms in total. The Balaban J connectivity index is 1.99. The second-order valence-electron chi connectivity index (χ2n) is 5.82. The van der Waals surface area contributed by atoms with E-state index >= 15 is 0 Å². The Hall–Kier alpha value is -2.82. The highest BCUT2D eigenvalue weighted by Crippen LogP contribution is 2.20. The summed E-state index contributed by atoms with van der Waals surface area (Å²) in [7, 11) is 3.37. The van der Waals surface area contributed by atoms with Gasteiger partial charge in [-0.25, -0.2) is 0 Å². The number of aryl methyl sites for hydroxylation is 1. The Kier molecular flexibility index (Phi) is 5.58. The predicted molar refractivity (Wildman–Crippen MR) is 94.5 cm³/mol. The SMILES string of the molecule is Cc1cccc(OCC(=O)Nc2cccc(C(=O)N(C)C)c2)c1C. The maximum atomic E-state index is 12.1. The van der Waals surface area contributed by atoms with Gasteiger partial charge in [-0.15, -0.1) is 0 Å². The van der Waals surface area contributed by atoms with E-state index < -0.39 is 0 Å². The standard InChI is InChI=1S/C19H22N2O3/c1-13-7-5-10-17(14(13)2)24-12-18(22)20-16-9-6-8-15(11-16)19(23)21(3)4/h5-11H,12H2,1-4H3,(H,20,22). The van der Waals surface area contributed by atoms with Crippen molar-refractivity contribution in [2.75, 3.05) is 26.0 Å². The number of hydrogen-bond donors (Lipinski definition) is 1. The number of rotatable bonds is 5. The van der Waals surface area contributed by atoms with Gasteiger partial charge in [0, 0.05) is 25.3 Å². The molecular formula is C19H22N2O3. The van der Waals surface area contributed by atoms with Gasteiger partial charge in [0.2, 0.25) is 0 Å². The van der Waals surface area contributed by atoms with E-state index in [1.165, 1.54) is 4.90 Å². The molecule has 0 saturated heterocycles. The summed E-state index contributed by atoms with van der Waals surface area (Å²) in [5.74, 6) is 0.310. The van der Waals surface area contributed by atoms with Gasteiger partial charge in [-0.3, -0.25) is 9.59 Å². The van der Waals surface area contributed by atoms with Crippen LogP contribution in [-0.4, -0.2) is 37.4 Å². The van der Waals surface area contributed by atoms with Crippen molar-refractivity contribution in [3.05, 3.63) is 59.2 Å². The molecule has 2 aromatic rings. The van der Waals surface area contributed by atoms with E-state index in [0.717, 1.165) is 11.1 Å². The van der Waals surface area contributed by atoms with E-state index in [4.69, 9.17) is 4.74 Å². The Labute approximate surface area is 142 Å². The molecule has 1 N–H and O–H groups in total. The second kappa shape index (κ2) is 7.64. The minimum absolute atomic E-state index is 0.0872. The summed E-state index contributed by atoms with van der Waals surface area (Å²) in [4.78, 5) is 25.5. The number of hydrogen-bond acceptors (Lipinski definition) is 3. The fourth-order valence-electron chi connectivity index (χ4n) is 2.21. The van der Waals surface area contributed by atoms with Gasteiger partial charge in [0.15, 0.2) is 6.61 Å². The maximum absolute atomic E-state index is 12.1. The summed E-state index contributed by atoms with van der Waals surface area (Å²) < 4.78 is 5.58. The first-order valence-corrected chi connectivity index (χ1v) is 7.69. The molecule has 0 spiro atoms. The molecule has 0 aliphatic heterocycles. The van der Waals surface area contributed by atoms with Crippen molar-refractivity contribution in [3.63, 3.8) is 0 Å². The van der Waals surface area contributed by atoms with Crippen molar-refractivity contribution in [2.45, 2.75) is 13.8 Å². The molecule has 2 aromatic carbocycles. The monoisotopic (exact) mass is 326 g/mol. The first-order valence-electron chi connectivity index (χ1n) is 7.69. The topological polar surface area (TPSA) is 58.6 Å². The van der Waals surface area contributed by atoms with Crippen LogP contribution in [-0.2, 0) is 4.79 Å². The third-order valence-corrected chi connectivity index (χ3v) is 3.71. The minimum Gasteiger partial charge on any atom is -0.483 e. The summed E-state index contributed by atoms with van der Waals surface area (Å²) in [5, 5.41) is 2.75. The maximum Gasteiger partial charge on any atom is 0.262 e. The number of ether oxygens (including phenoxy) is 1. The molecule has 5 heteroatoms. The quantitative estimate of drug-likeness (QED) is 0.919. The summed E-state index contributed by atoms with van der Waals surface area (Å²) in [5.41, 5.74) is 3.22. The number of carbonyl (C=O) groups excluding carboxylic acids is 2. The van der Waals surface area contributed by atoms with E-state index in [1.807, 2.05) is 32.0 Å². The van der Waals surface area contributed by atoms with E-state index in [9.17, 15) is 9.59 Å². The van der Waals surface area contributed by atoms with Crippen LogP contribution in [0.1, 0.15) is 21.5 Å². The number of benzene rings is 2. The van der Waals surface area contributed by atoms with Crippen molar-refractivity contribution >= 4 is 17.5 Å². The molecule has 0 aromatic heterocycles. The van der Waals surface area contributed by atoms with Crippen LogP contribution in [0.2, 0.25) is 0 Å². The van der Waals surface area contributed by atoms with Gasteiger partial charge in [0.1, 0.15) is 5.75 Å². The molecule has 0 aliphatic carbocycles. The molecule has 0 aliphatic rings. The molecular weight excluding hydrogens is 304 g/mol. The number of carbonyl (C=O) groups is 2. The lowest BCUT2D eigenvalue weighted by Crippen LogP contribution is -2.23. The highest BCUT2D eigenvalue weighted by atomic mass is 16.5. The fraction of sp³-hybridized carbons (Fsp3) is 0.263. The van der Waals surface area contributed by atoms with Crippen molar-refractivity contribution in [1.29, 1.82) is 0 Å². The van der Waals surface area contributed by atoms with E-state index in [-0.39, 0.29) is 18.4 Å². The van der Waals surface area contributed by atoms with Crippen LogP contribution >= 0.6 is 0 Å². The molecule has 0 heterocycles. The zero-order valence-electron chi connectivity index (χ0n) is 14.4. The van der Waals surface area contributed by atoms with Gasteiger partial charge in [-0.2, -0.15) is 0 Å². The first kappa shape index (κ1) is 17.5. The number of amides is 2. The van der Waals surface area contributed by atoms with Crippen molar-refractivity contribution in [3.8, 4) is 5.75 Å². The molecule has 0 unspecified atom stereocenters. The molecule has 0 fully saturated rings. The van der Waals surface area contributed by atoms with Gasteiger partial charge in [-0.05, 0) is 49.2 Å². The average molecular weight is 326 g/mol. The third-order valence-electron chi connectivity index (χ3n) is 3.71. The molecule has 2 rings (SSSR count). The van der Waals surface area contributed by atoms with Crippen molar-refractivity contribution < 1.29 is 14.3 Å². The predicted octanol–water partition coefficient (Wildman–Crippen LogP) is 3.02. The zero-order chi connectivity index (χ0) is 17.7. The molecule has 126 valence electrons. The normalized spacial score (nSPS) is 10.2. The highest BCUT2D eigenvalue weighted by molar-refractivity contribution is 5.97. The summed E-state index contributed by atoms with van der Waals surface area (Å²) in [6.45, 7) is 3.87. The van der Waals surface area contributed by atoms with E-state index in [0.29, 0.717) is 17.0 Å². The summed E-state index contributed by atoms with van der Waals surface area (Å²) >= 11 is 0. The lowest BCUT2D eigenvalue weighted by atomic mass is 10.1. The zero-order valence-corrected chi connectivity index (χ0v) is 14.4. The lowest BCUT2D eigenvalue weighted by Gasteiger charge is -2.13. The first-order chi connectivity index (χ1) is 11.4. The highest BCUT2D eigenvalue weighted by Gasteiger charge is 2.10. The van der Waals surface area contributed by atoms with Crippen LogP contribution in [0.15, 0.2) is 42.5 Å². The van der Waals surface area contributed by atoms with Crippen LogP contribution in [0.4, 0.5) is 5.69 Å². The Morgan fingerprint density at radius 3 is 2.50 bits per heavy atom. The lowest BCUT2D eigenvalue weighted by molar-refractivity contribution is -0.118. The van der Waals surface area contributed by atoms with Crippen LogP contribution in [0, 0.1) is 13.8 Å². The number of anilines is 1. The number of nitrogens with one attached hydrogen (secondary N) is 1. The summed E-state index contributed by atoms with van der Waals surface area (Å²) in [6.07, 6.45) is 0. The van der Waals surface area contributed by atoms with E-state index in [1.54, 1.807) is 38.4 Å². The van der Waals surface area contributed by atoms with Crippen molar-refractivity contribution in [1.82, 2.24) is 4.90 Å². The number of nitrogens with zero attached hydrogens (tertiary/aromatic N) is 1. The summed E-state index contributed by atoms with van der Waals surface area (Å²) in [6, 6.07) is 12.6. The molecule has 2 amide bonds. The molecule has 0 radical (unpaired) electrons. The van der Waals surface area contributed by atoms with Gasteiger partial charge in [0.05, 0.1) is 0 Å². The van der Waals surface area contributed by atoms with Gasteiger partial charge in [0.25, 0.3) is 11.8 Å². The molecule has 24 heavy (non-hydrogen) atoms. The van der Waals surface area contributed by atoms with Crippen LogP contribution < -0.4 is 10.1 Å². The Morgan fingerprint density at radius 1 is 1.08 bits per heavy atom. The fourth-order valence-corrected chi connectivity index (χ4v) is 2.21. The second-order valence-corrected chi connectivity index (χ2v) is 5.82. The van der Waals surface area contributed by atoms with Crippen molar-refractivity contribution in [2.24, 2.45) is 0 Å². The average Bonchev–Trinajstić information content (AvgIpc) is 2.55.